The molecular weight excluding hydrogens is 240 g/mol. The molecule has 0 radical (unpaired) electrons. The first-order valence-electron chi connectivity index (χ1n) is 6.02. The first kappa shape index (κ1) is 13.5. The van der Waals surface area contributed by atoms with Crippen molar-refractivity contribution in [2.45, 2.75) is 43.8 Å². The van der Waals surface area contributed by atoms with Gasteiger partial charge >= 0.3 is 6.02 Å². The molecule has 0 aromatic heterocycles. The first-order chi connectivity index (χ1) is 8.45. The molecule has 0 spiro atoms. The van der Waals surface area contributed by atoms with Crippen molar-refractivity contribution in [1.29, 1.82) is 0 Å². The lowest BCUT2D eigenvalue weighted by Gasteiger charge is -2.38. The van der Waals surface area contributed by atoms with Crippen LogP contribution in [0.15, 0.2) is 4.99 Å². The van der Waals surface area contributed by atoms with Crippen molar-refractivity contribution in [3.8, 4) is 0 Å². The topological polar surface area (TPSA) is 94.8 Å². The van der Waals surface area contributed by atoms with E-state index in [2.05, 4.69) is 4.99 Å². The third-order valence-corrected chi connectivity index (χ3v) is 3.70. The van der Waals surface area contributed by atoms with E-state index in [1.54, 1.807) is 14.0 Å². The molecule has 0 aromatic carbocycles. The summed E-state index contributed by atoms with van der Waals surface area (Å²) in [6.45, 7) is 1.60. The zero-order valence-electron chi connectivity index (χ0n) is 10.7. The summed E-state index contributed by atoms with van der Waals surface area (Å²) in [5.74, 6) is -0.413. The van der Waals surface area contributed by atoms with Gasteiger partial charge in [-0.25, -0.2) is 10.1 Å². The number of rotatable bonds is 2. The van der Waals surface area contributed by atoms with Gasteiger partial charge < -0.3 is 20.1 Å². The number of hydrogen-bond donors (Lipinski definition) is 3. The highest BCUT2D eigenvalue weighted by Gasteiger charge is 2.49. The van der Waals surface area contributed by atoms with Crippen LogP contribution in [-0.2, 0) is 9.57 Å². The molecular formula is C11H20N2O5. The normalized spacial score (nSPS) is 40.8. The van der Waals surface area contributed by atoms with Crippen molar-refractivity contribution in [3.63, 3.8) is 0 Å². The van der Waals surface area contributed by atoms with E-state index in [0.29, 0.717) is 6.42 Å². The number of amidine groups is 1. The molecule has 6 unspecified atom stereocenters. The maximum absolute atomic E-state index is 10.0. The first-order valence-corrected chi connectivity index (χ1v) is 6.02. The fraction of sp³-hybridized carbons (Fsp3) is 0.909. The number of aliphatic hydroxyl groups excluding tert-OH is 3. The Balaban J connectivity index is 2.13. The molecule has 104 valence electrons. The second-order valence-corrected chi connectivity index (χ2v) is 4.86. The number of hydrogen-bond acceptors (Lipinski definition) is 7. The monoisotopic (exact) mass is 260 g/mol. The molecule has 0 bridgehead atoms. The van der Waals surface area contributed by atoms with Gasteiger partial charge in [0.1, 0.15) is 18.2 Å². The molecule has 1 aliphatic carbocycles. The lowest BCUT2D eigenvalue weighted by atomic mass is 9.77. The second kappa shape index (κ2) is 5.00. The van der Waals surface area contributed by atoms with Gasteiger partial charge in [0.15, 0.2) is 0 Å². The minimum atomic E-state index is -1.04. The van der Waals surface area contributed by atoms with Gasteiger partial charge in [-0.2, -0.15) is 0 Å². The smallest absolute Gasteiger partial charge is 0.312 e. The van der Waals surface area contributed by atoms with E-state index >= 15 is 0 Å². The Bertz CT molecular complexity index is 335. The van der Waals surface area contributed by atoms with E-state index in [1.165, 1.54) is 12.2 Å². The highest BCUT2D eigenvalue weighted by molar-refractivity contribution is 5.74. The van der Waals surface area contributed by atoms with E-state index in [9.17, 15) is 15.3 Å². The van der Waals surface area contributed by atoms with Crippen molar-refractivity contribution in [2.75, 3.05) is 14.2 Å². The molecule has 7 nitrogen and oxygen atoms in total. The van der Waals surface area contributed by atoms with Crippen molar-refractivity contribution < 1.29 is 24.9 Å². The Labute approximate surface area is 106 Å². The van der Waals surface area contributed by atoms with Crippen molar-refractivity contribution in [2.24, 2.45) is 10.9 Å². The molecule has 0 amide bonds. The minimum absolute atomic E-state index is 0.282. The summed E-state index contributed by atoms with van der Waals surface area (Å²) in [5.41, 5.74) is 0. The summed E-state index contributed by atoms with van der Waals surface area (Å²) in [5, 5.41) is 31.0. The van der Waals surface area contributed by atoms with Gasteiger partial charge in [0.05, 0.1) is 19.3 Å². The predicted molar refractivity (Wildman–Crippen MR) is 62.7 cm³/mol. The maximum Gasteiger partial charge on any atom is 0.312 e. The molecule has 6 atom stereocenters. The van der Waals surface area contributed by atoms with E-state index in [1.807, 2.05) is 0 Å². The van der Waals surface area contributed by atoms with Crippen LogP contribution in [-0.4, -0.2) is 71.0 Å². The minimum Gasteiger partial charge on any atom is -0.458 e. The maximum atomic E-state index is 10.0. The van der Waals surface area contributed by atoms with Gasteiger partial charge in [-0.1, -0.05) is 0 Å². The summed E-state index contributed by atoms with van der Waals surface area (Å²) in [6, 6.07) is -0.229. The Kier molecular flexibility index (Phi) is 3.76. The highest BCUT2D eigenvalue weighted by atomic mass is 16.7. The molecule has 0 aromatic rings. The average molecular weight is 260 g/mol. The fourth-order valence-electron chi connectivity index (χ4n) is 2.51. The van der Waals surface area contributed by atoms with Gasteiger partial charge in [-0.3, -0.25) is 4.84 Å². The second-order valence-electron chi connectivity index (χ2n) is 4.86. The van der Waals surface area contributed by atoms with Crippen LogP contribution in [0.3, 0.4) is 0 Å². The fourth-order valence-corrected chi connectivity index (χ4v) is 2.51. The zero-order chi connectivity index (χ0) is 13.4. The highest BCUT2D eigenvalue weighted by Crippen LogP contribution is 2.35. The van der Waals surface area contributed by atoms with Gasteiger partial charge in [0.2, 0.25) is 0 Å². The number of fused-ring (bicyclic) bond motifs is 1. The third kappa shape index (κ3) is 2.18. The van der Waals surface area contributed by atoms with Gasteiger partial charge in [0.25, 0.3) is 0 Å². The standard InChI is InChI=1S/C11H20N2O5/c1-5(14)6-4-7-8(10(16)9(6)15)12-11(18-7)13(2)17-3/h5-10,14-16H,4H2,1-3H3. The molecule has 1 heterocycles. The largest absolute Gasteiger partial charge is 0.458 e. The van der Waals surface area contributed by atoms with Crippen LogP contribution in [0, 0.1) is 5.92 Å². The number of aliphatic imine (C=N–C) groups is 1. The van der Waals surface area contributed by atoms with E-state index in [-0.39, 0.29) is 12.1 Å². The Morgan fingerprint density at radius 2 is 2.11 bits per heavy atom. The van der Waals surface area contributed by atoms with Gasteiger partial charge in [0, 0.05) is 13.0 Å². The number of nitrogens with zero attached hydrogens (tertiary/aromatic N) is 2. The number of aliphatic hydroxyl groups is 3. The number of hydroxylamine groups is 2. The van der Waals surface area contributed by atoms with Crippen LogP contribution < -0.4 is 0 Å². The van der Waals surface area contributed by atoms with Gasteiger partial charge in [-0.15, -0.1) is 0 Å². The lowest BCUT2D eigenvalue weighted by Crippen LogP contribution is -2.54. The molecule has 3 N–H and O–H groups in total. The van der Waals surface area contributed by atoms with Crippen LogP contribution in [0.1, 0.15) is 13.3 Å². The Hall–Kier alpha value is -0.890. The SMILES string of the molecule is CON(C)C1=NC2C(CC(C(C)O)C(O)C2O)O1. The summed E-state index contributed by atoms with van der Waals surface area (Å²) in [7, 11) is 3.13. The van der Waals surface area contributed by atoms with E-state index < -0.39 is 30.3 Å². The predicted octanol–water partition coefficient (Wildman–Crippen LogP) is -1.27. The average Bonchev–Trinajstić information content (AvgIpc) is 2.76. The third-order valence-electron chi connectivity index (χ3n) is 3.70. The summed E-state index contributed by atoms with van der Waals surface area (Å²) in [4.78, 5) is 9.17. The van der Waals surface area contributed by atoms with Crippen LogP contribution >= 0.6 is 0 Å². The molecule has 1 aliphatic heterocycles. The van der Waals surface area contributed by atoms with Crippen molar-refractivity contribution in [3.05, 3.63) is 0 Å². The molecule has 1 saturated carbocycles. The summed E-state index contributed by atoms with van der Waals surface area (Å²) < 4.78 is 5.59. The van der Waals surface area contributed by atoms with Crippen molar-refractivity contribution in [1.82, 2.24) is 5.06 Å². The molecule has 0 saturated heterocycles. The molecule has 2 rings (SSSR count). The van der Waals surface area contributed by atoms with Crippen LogP contribution in [0.25, 0.3) is 0 Å². The number of ether oxygens (including phenoxy) is 1. The quantitative estimate of drug-likeness (QED) is 0.536. The van der Waals surface area contributed by atoms with E-state index in [0.717, 1.165) is 0 Å². The zero-order valence-corrected chi connectivity index (χ0v) is 10.7. The lowest BCUT2D eigenvalue weighted by molar-refractivity contribution is -0.117. The van der Waals surface area contributed by atoms with Crippen LogP contribution in [0.4, 0.5) is 0 Å². The Morgan fingerprint density at radius 1 is 1.44 bits per heavy atom. The molecule has 1 fully saturated rings. The molecule has 7 heteroatoms. The molecule has 2 aliphatic rings. The van der Waals surface area contributed by atoms with Crippen LogP contribution in [0.2, 0.25) is 0 Å². The molecule has 18 heavy (non-hydrogen) atoms. The Morgan fingerprint density at radius 3 is 2.67 bits per heavy atom. The van der Waals surface area contributed by atoms with Crippen molar-refractivity contribution >= 4 is 6.02 Å². The van der Waals surface area contributed by atoms with Gasteiger partial charge in [-0.05, 0) is 13.3 Å². The van der Waals surface area contributed by atoms with E-state index in [4.69, 9.17) is 9.57 Å². The van der Waals surface area contributed by atoms with Crippen LogP contribution in [0.5, 0.6) is 0 Å². The summed E-state index contributed by atoms with van der Waals surface area (Å²) >= 11 is 0. The summed E-state index contributed by atoms with van der Waals surface area (Å²) in [6.07, 6.45) is -2.62.